The van der Waals surface area contributed by atoms with E-state index in [-0.39, 0.29) is 0 Å². The van der Waals surface area contributed by atoms with Crippen molar-refractivity contribution in [2.45, 2.75) is 39.3 Å². The number of rotatable bonds is 5. The molecule has 152 valence electrons. The maximum Gasteiger partial charge on any atom is 0.146 e. The molecule has 0 bridgehead atoms. The van der Waals surface area contributed by atoms with E-state index in [2.05, 4.69) is 28.2 Å². The Hall–Kier alpha value is -2.09. The van der Waals surface area contributed by atoms with Crippen LogP contribution in [0.15, 0.2) is 24.5 Å². The van der Waals surface area contributed by atoms with Gasteiger partial charge in [-0.05, 0) is 42.4 Å². The Morgan fingerprint density at radius 1 is 1.28 bits per heavy atom. The third kappa shape index (κ3) is 4.13. The largest absolute Gasteiger partial charge is 0.379 e. The van der Waals surface area contributed by atoms with Crippen LogP contribution in [0.3, 0.4) is 0 Å². The van der Waals surface area contributed by atoms with Crippen molar-refractivity contribution in [1.82, 2.24) is 19.9 Å². The summed E-state index contributed by atoms with van der Waals surface area (Å²) >= 11 is 1.87. The van der Waals surface area contributed by atoms with Crippen molar-refractivity contribution in [2.75, 3.05) is 31.6 Å². The Morgan fingerprint density at radius 2 is 2.17 bits per heavy atom. The first-order valence-corrected chi connectivity index (χ1v) is 11.3. The van der Waals surface area contributed by atoms with E-state index in [0.717, 1.165) is 80.2 Å². The highest BCUT2D eigenvalue weighted by Gasteiger charge is 2.24. The molecule has 1 aliphatic heterocycles. The summed E-state index contributed by atoms with van der Waals surface area (Å²) in [6.45, 7) is 7.32. The molecule has 2 aliphatic rings. The lowest BCUT2D eigenvalue weighted by atomic mass is 9.89. The molecule has 4 heterocycles. The number of ether oxygens (including phenoxy) is 1. The molecule has 1 fully saturated rings. The standard InChI is InChI=1S/C22H27N5OS/c1-15-4-5-17-18(11-15)29-22-20(17)21(24-13-16-3-2-6-23-12-16)25-19(26-22)14-27-7-9-28-10-8-27/h2-3,6,12,15H,4-5,7-11,13-14H2,1H3,(H,24,25,26). The number of hydrogen-bond donors (Lipinski definition) is 1. The molecule has 3 aromatic rings. The molecular formula is C22H27N5OS. The van der Waals surface area contributed by atoms with Crippen LogP contribution in [0.2, 0.25) is 0 Å². The molecule has 1 atom stereocenters. The Balaban J connectivity index is 1.49. The molecule has 1 saturated heterocycles. The monoisotopic (exact) mass is 409 g/mol. The van der Waals surface area contributed by atoms with Crippen LogP contribution in [0.4, 0.5) is 5.82 Å². The van der Waals surface area contributed by atoms with Crippen molar-refractivity contribution in [3.63, 3.8) is 0 Å². The van der Waals surface area contributed by atoms with E-state index in [4.69, 9.17) is 14.7 Å². The lowest BCUT2D eigenvalue weighted by Gasteiger charge is -2.26. The quantitative estimate of drug-likeness (QED) is 0.694. The minimum Gasteiger partial charge on any atom is -0.379 e. The van der Waals surface area contributed by atoms with Crippen LogP contribution in [-0.2, 0) is 30.7 Å². The number of aryl methyl sites for hydroxylation is 1. The smallest absolute Gasteiger partial charge is 0.146 e. The number of hydrogen-bond acceptors (Lipinski definition) is 7. The Kier molecular flexibility index (Phi) is 5.44. The predicted octanol–water partition coefficient (Wildman–Crippen LogP) is 3.66. The summed E-state index contributed by atoms with van der Waals surface area (Å²) in [6, 6.07) is 4.07. The number of nitrogens with one attached hydrogen (secondary N) is 1. The summed E-state index contributed by atoms with van der Waals surface area (Å²) in [5.74, 6) is 2.64. The second-order valence-electron chi connectivity index (χ2n) is 8.12. The highest BCUT2D eigenvalue weighted by molar-refractivity contribution is 7.19. The van der Waals surface area contributed by atoms with E-state index in [1.54, 1.807) is 0 Å². The second kappa shape index (κ2) is 8.34. The first kappa shape index (κ1) is 18.9. The van der Waals surface area contributed by atoms with Crippen LogP contribution < -0.4 is 5.32 Å². The van der Waals surface area contributed by atoms with E-state index in [1.807, 2.05) is 29.8 Å². The average Bonchev–Trinajstić information content (AvgIpc) is 3.11. The van der Waals surface area contributed by atoms with Crippen molar-refractivity contribution >= 4 is 27.4 Å². The topological polar surface area (TPSA) is 63.2 Å². The molecule has 1 unspecified atom stereocenters. The second-order valence-corrected chi connectivity index (χ2v) is 9.21. The van der Waals surface area contributed by atoms with E-state index in [1.165, 1.54) is 22.2 Å². The first-order chi connectivity index (χ1) is 14.3. The predicted molar refractivity (Wildman–Crippen MR) is 116 cm³/mol. The fourth-order valence-electron chi connectivity index (χ4n) is 4.23. The molecule has 1 aliphatic carbocycles. The van der Waals surface area contributed by atoms with E-state index in [0.29, 0.717) is 0 Å². The highest BCUT2D eigenvalue weighted by atomic mass is 32.1. The first-order valence-electron chi connectivity index (χ1n) is 10.5. The fraction of sp³-hybridized carbons (Fsp3) is 0.500. The van der Waals surface area contributed by atoms with Gasteiger partial charge in [-0.25, -0.2) is 9.97 Å². The maximum atomic E-state index is 5.49. The molecule has 0 amide bonds. The Labute approximate surface area is 175 Å². The number of aromatic nitrogens is 3. The van der Waals surface area contributed by atoms with Crippen molar-refractivity contribution in [3.05, 3.63) is 46.4 Å². The summed E-state index contributed by atoms with van der Waals surface area (Å²) in [7, 11) is 0. The van der Waals surface area contributed by atoms with Gasteiger partial charge in [-0.3, -0.25) is 9.88 Å². The summed E-state index contributed by atoms with van der Waals surface area (Å²) < 4.78 is 5.49. The van der Waals surface area contributed by atoms with Crippen LogP contribution in [-0.4, -0.2) is 46.2 Å². The number of nitrogens with zero attached hydrogens (tertiary/aromatic N) is 4. The van der Waals surface area contributed by atoms with Crippen LogP contribution in [0, 0.1) is 5.92 Å². The van der Waals surface area contributed by atoms with Gasteiger partial charge in [0.1, 0.15) is 16.5 Å². The third-order valence-electron chi connectivity index (χ3n) is 5.85. The molecule has 29 heavy (non-hydrogen) atoms. The molecule has 3 aromatic heterocycles. The Morgan fingerprint density at radius 3 is 3.00 bits per heavy atom. The van der Waals surface area contributed by atoms with Crippen LogP contribution in [0.25, 0.3) is 10.2 Å². The summed E-state index contributed by atoms with van der Waals surface area (Å²) in [4.78, 5) is 19.2. The van der Waals surface area contributed by atoms with E-state index >= 15 is 0 Å². The zero-order valence-corrected chi connectivity index (χ0v) is 17.7. The lowest BCUT2D eigenvalue weighted by molar-refractivity contribution is 0.0331. The van der Waals surface area contributed by atoms with Gasteiger partial charge in [0, 0.05) is 36.9 Å². The SMILES string of the molecule is CC1CCc2c(sc3nc(CN4CCOCC4)nc(NCc4cccnc4)c23)C1. The summed E-state index contributed by atoms with van der Waals surface area (Å²) in [6.07, 6.45) is 7.26. The number of pyridine rings is 1. The number of fused-ring (bicyclic) bond motifs is 3. The van der Waals surface area contributed by atoms with Gasteiger partial charge < -0.3 is 10.1 Å². The van der Waals surface area contributed by atoms with Crippen LogP contribution >= 0.6 is 11.3 Å². The minimum absolute atomic E-state index is 0.720. The van der Waals surface area contributed by atoms with Crippen molar-refractivity contribution in [2.24, 2.45) is 5.92 Å². The average molecular weight is 410 g/mol. The normalized spacial score (nSPS) is 20.0. The summed E-state index contributed by atoms with van der Waals surface area (Å²) in [5.41, 5.74) is 2.63. The van der Waals surface area contributed by atoms with Gasteiger partial charge in [0.15, 0.2) is 0 Å². The molecule has 5 rings (SSSR count). The summed E-state index contributed by atoms with van der Waals surface area (Å²) in [5, 5.41) is 4.84. The van der Waals surface area contributed by atoms with Gasteiger partial charge in [-0.1, -0.05) is 13.0 Å². The molecular weight excluding hydrogens is 382 g/mol. The van der Waals surface area contributed by atoms with E-state index < -0.39 is 0 Å². The van der Waals surface area contributed by atoms with Crippen molar-refractivity contribution in [3.8, 4) is 0 Å². The van der Waals surface area contributed by atoms with Crippen LogP contribution in [0.1, 0.15) is 35.2 Å². The molecule has 6 nitrogen and oxygen atoms in total. The zero-order valence-electron chi connectivity index (χ0n) is 16.9. The van der Waals surface area contributed by atoms with Crippen molar-refractivity contribution in [1.29, 1.82) is 0 Å². The lowest BCUT2D eigenvalue weighted by Crippen LogP contribution is -2.36. The van der Waals surface area contributed by atoms with Gasteiger partial charge in [-0.15, -0.1) is 11.3 Å². The molecule has 0 saturated carbocycles. The third-order valence-corrected chi connectivity index (χ3v) is 7.00. The number of anilines is 1. The molecule has 0 aromatic carbocycles. The molecule has 1 N–H and O–H groups in total. The van der Waals surface area contributed by atoms with Gasteiger partial charge >= 0.3 is 0 Å². The molecule has 0 radical (unpaired) electrons. The molecule has 0 spiro atoms. The van der Waals surface area contributed by atoms with Gasteiger partial charge in [0.05, 0.1) is 25.1 Å². The Bertz CT molecular complexity index is 984. The maximum absolute atomic E-state index is 5.49. The number of morpholine rings is 1. The minimum atomic E-state index is 0.720. The van der Waals surface area contributed by atoms with Gasteiger partial charge in [0.2, 0.25) is 0 Å². The van der Waals surface area contributed by atoms with Crippen LogP contribution in [0.5, 0.6) is 0 Å². The highest BCUT2D eigenvalue weighted by Crippen LogP contribution is 2.40. The van der Waals surface area contributed by atoms with Gasteiger partial charge in [0.25, 0.3) is 0 Å². The molecule has 7 heteroatoms. The zero-order chi connectivity index (χ0) is 19.6. The van der Waals surface area contributed by atoms with Gasteiger partial charge in [-0.2, -0.15) is 0 Å². The number of thiophene rings is 1. The van der Waals surface area contributed by atoms with E-state index in [9.17, 15) is 0 Å². The fourth-order valence-corrected chi connectivity index (χ4v) is 5.63. The van der Waals surface area contributed by atoms with Crippen molar-refractivity contribution < 1.29 is 4.74 Å².